The van der Waals surface area contributed by atoms with Crippen LogP contribution < -0.4 is 16.0 Å². The number of ketones is 1. The van der Waals surface area contributed by atoms with E-state index in [0.717, 1.165) is 42.2 Å². The molecule has 1 spiro atoms. The summed E-state index contributed by atoms with van der Waals surface area (Å²) in [5.41, 5.74) is 0.637. The van der Waals surface area contributed by atoms with Gasteiger partial charge in [0.15, 0.2) is 0 Å². The number of hydrogen-bond acceptors (Lipinski definition) is 6. The van der Waals surface area contributed by atoms with Gasteiger partial charge < -0.3 is 20.9 Å². The van der Waals surface area contributed by atoms with Crippen LogP contribution in [0.2, 0.25) is 0 Å². The Morgan fingerprint density at radius 3 is 2.61 bits per heavy atom. The molecule has 3 atom stereocenters. The third-order valence-electron chi connectivity index (χ3n) is 8.57. The maximum absolute atomic E-state index is 13.8. The van der Waals surface area contributed by atoms with Crippen molar-refractivity contribution in [2.24, 2.45) is 11.3 Å². The molecule has 4 aliphatic rings. The second-order valence-corrected chi connectivity index (χ2v) is 12.2. The Bertz CT molecular complexity index is 1310. The van der Waals surface area contributed by atoms with Crippen LogP contribution in [-0.2, 0) is 19.2 Å². The van der Waals surface area contributed by atoms with Crippen molar-refractivity contribution in [2.75, 3.05) is 13.1 Å². The molecule has 1 unspecified atom stereocenters. The fourth-order valence-electron chi connectivity index (χ4n) is 5.84. The summed E-state index contributed by atoms with van der Waals surface area (Å²) in [6.07, 6.45) is 5.70. The number of nitrogens with zero attached hydrogens (tertiary/aromatic N) is 1. The van der Waals surface area contributed by atoms with Crippen LogP contribution in [0, 0.1) is 11.3 Å². The number of carbonyl (C=O) groups excluding carboxylic acids is 5. The largest absolute Gasteiger partial charge is 0.356 e. The lowest BCUT2D eigenvalue weighted by Gasteiger charge is -2.39. The second-order valence-electron chi connectivity index (χ2n) is 11.3. The Hall–Kier alpha value is -3.27. The van der Waals surface area contributed by atoms with Gasteiger partial charge in [-0.15, -0.1) is 11.3 Å². The summed E-state index contributed by atoms with van der Waals surface area (Å²) in [4.78, 5) is 67.3. The predicted octanol–water partition coefficient (Wildman–Crippen LogP) is 2.14. The standard InChI is InChI=1S/C28H32N4O5S/c33-23(26(36)30-17-5-6-17)20(13-16-7-11-29-24(16)34)31-25(35)21-14-28(8-9-28)10-12-32(21)27(37)19-15-38-22-4-2-1-3-18(19)22/h1-4,15-17,20-21H,5-14H2,(H,29,34)(H,30,36)(H,31,35)/t16-,20?,21-/m0/s1. The van der Waals surface area contributed by atoms with E-state index in [4.69, 9.17) is 0 Å². The Kier molecular flexibility index (Phi) is 6.45. The number of Topliss-reactive ketones (excluding diaryl/α,β-unsaturated/α-hetero) is 1. The highest BCUT2D eigenvalue weighted by atomic mass is 32.1. The van der Waals surface area contributed by atoms with Gasteiger partial charge in [0.1, 0.15) is 6.04 Å². The van der Waals surface area contributed by atoms with Gasteiger partial charge in [-0.05, 0) is 62.8 Å². The fraction of sp³-hybridized carbons (Fsp3) is 0.536. The van der Waals surface area contributed by atoms with Crippen LogP contribution >= 0.6 is 11.3 Å². The molecule has 2 saturated heterocycles. The highest BCUT2D eigenvalue weighted by Crippen LogP contribution is 2.55. The predicted molar refractivity (Wildman–Crippen MR) is 141 cm³/mol. The van der Waals surface area contributed by atoms with Gasteiger partial charge in [-0.3, -0.25) is 24.0 Å². The number of fused-ring (bicyclic) bond motifs is 1. The number of rotatable bonds is 8. The van der Waals surface area contributed by atoms with Crippen molar-refractivity contribution in [3.8, 4) is 0 Å². The van der Waals surface area contributed by atoms with Crippen molar-refractivity contribution in [1.82, 2.24) is 20.9 Å². The SMILES string of the molecule is O=C(NC1CC1)C(=O)C(C[C@@H]1CCNC1=O)NC(=O)[C@@H]1CC2(CCN1C(=O)c1csc3ccccc13)CC2. The lowest BCUT2D eigenvalue weighted by Crippen LogP contribution is -2.58. The van der Waals surface area contributed by atoms with Gasteiger partial charge in [-0.2, -0.15) is 0 Å². The Balaban J connectivity index is 1.24. The number of carbonyl (C=O) groups is 5. The van der Waals surface area contributed by atoms with Crippen LogP contribution in [0.25, 0.3) is 10.1 Å². The molecule has 38 heavy (non-hydrogen) atoms. The lowest BCUT2D eigenvalue weighted by atomic mass is 9.86. The molecule has 10 heteroatoms. The lowest BCUT2D eigenvalue weighted by molar-refractivity contribution is -0.141. The van der Waals surface area contributed by atoms with Crippen molar-refractivity contribution in [2.45, 2.75) is 69.5 Å². The Morgan fingerprint density at radius 1 is 1.11 bits per heavy atom. The molecule has 0 bridgehead atoms. The van der Waals surface area contributed by atoms with Crippen molar-refractivity contribution in [1.29, 1.82) is 0 Å². The molecular weight excluding hydrogens is 504 g/mol. The molecule has 6 rings (SSSR count). The highest BCUT2D eigenvalue weighted by Gasteiger charge is 2.51. The average Bonchev–Trinajstić information content (AvgIpc) is 3.80. The van der Waals surface area contributed by atoms with Crippen LogP contribution in [0.1, 0.15) is 61.7 Å². The molecule has 200 valence electrons. The van der Waals surface area contributed by atoms with Gasteiger partial charge in [0.25, 0.3) is 11.8 Å². The van der Waals surface area contributed by atoms with E-state index in [1.165, 1.54) is 11.3 Å². The van der Waals surface area contributed by atoms with E-state index in [1.54, 1.807) is 4.90 Å². The number of benzene rings is 1. The topological polar surface area (TPSA) is 125 Å². The molecule has 3 heterocycles. The average molecular weight is 537 g/mol. The smallest absolute Gasteiger partial charge is 0.289 e. The van der Waals surface area contributed by atoms with E-state index in [9.17, 15) is 24.0 Å². The quantitative estimate of drug-likeness (QED) is 0.446. The van der Waals surface area contributed by atoms with E-state index in [-0.39, 0.29) is 29.7 Å². The molecule has 1 aromatic carbocycles. The molecular formula is C28H32N4O5S. The van der Waals surface area contributed by atoms with Crippen molar-refractivity contribution in [3.05, 3.63) is 35.2 Å². The number of likely N-dealkylation sites (tertiary alicyclic amines) is 1. The monoisotopic (exact) mass is 536 g/mol. The summed E-state index contributed by atoms with van der Waals surface area (Å²) >= 11 is 1.50. The molecule has 1 aromatic heterocycles. The van der Waals surface area contributed by atoms with Gasteiger partial charge in [-0.1, -0.05) is 18.2 Å². The molecule has 3 N–H and O–H groups in total. The second kappa shape index (κ2) is 9.80. The van der Waals surface area contributed by atoms with Crippen LogP contribution in [-0.4, -0.2) is 65.5 Å². The zero-order valence-corrected chi connectivity index (χ0v) is 22.0. The van der Waals surface area contributed by atoms with Crippen LogP contribution in [0.15, 0.2) is 29.6 Å². The summed E-state index contributed by atoms with van der Waals surface area (Å²) in [6, 6.07) is 5.86. The first-order valence-corrected chi connectivity index (χ1v) is 14.4. The molecule has 2 aliphatic carbocycles. The first kappa shape index (κ1) is 25.0. The van der Waals surface area contributed by atoms with Gasteiger partial charge in [0, 0.05) is 40.5 Å². The summed E-state index contributed by atoms with van der Waals surface area (Å²) in [7, 11) is 0. The molecule has 2 saturated carbocycles. The number of thiophene rings is 1. The van der Waals surface area contributed by atoms with E-state index in [0.29, 0.717) is 31.5 Å². The number of amides is 4. The van der Waals surface area contributed by atoms with E-state index >= 15 is 0 Å². The van der Waals surface area contributed by atoms with E-state index in [1.807, 2.05) is 29.6 Å². The van der Waals surface area contributed by atoms with E-state index in [2.05, 4.69) is 16.0 Å². The summed E-state index contributed by atoms with van der Waals surface area (Å²) in [6.45, 7) is 0.974. The molecule has 2 aromatic rings. The third-order valence-corrected chi connectivity index (χ3v) is 9.53. The zero-order chi connectivity index (χ0) is 26.4. The maximum atomic E-state index is 13.8. The van der Waals surface area contributed by atoms with Gasteiger partial charge in [-0.25, -0.2) is 0 Å². The zero-order valence-electron chi connectivity index (χ0n) is 21.2. The summed E-state index contributed by atoms with van der Waals surface area (Å²) in [5.74, 6) is -2.70. The van der Waals surface area contributed by atoms with Gasteiger partial charge in [0.2, 0.25) is 17.6 Å². The highest BCUT2D eigenvalue weighted by molar-refractivity contribution is 7.17. The molecule has 9 nitrogen and oxygen atoms in total. The fourth-order valence-corrected chi connectivity index (χ4v) is 6.77. The third kappa shape index (κ3) is 4.93. The molecule has 0 radical (unpaired) electrons. The van der Waals surface area contributed by atoms with Gasteiger partial charge in [0.05, 0.1) is 11.6 Å². The Morgan fingerprint density at radius 2 is 1.89 bits per heavy atom. The minimum Gasteiger partial charge on any atom is -0.356 e. The van der Waals surface area contributed by atoms with Crippen molar-refractivity contribution >= 4 is 50.8 Å². The van der Waals surface area contributed by atoms with Crippen LogP contribution in [0.4, 0.5) is 0 Å². The summed E-state index contributed by atoms with van der Waals surface area (Å²) in [5, 5.41) is 11.0. The number of piperidine rings is 1. The minimum atomic E-state index is -1.12. The Labute approximate surface area is 224 Å². The number of nitrogens with one attached hydrogen (secondary N) is 3. The van der Waals surface area contributed by atoms with E-state index < -0.39 is 35.6 Å². The normalized spacial score (nSPS) is 24.6. The number of hydrogen-bond donors (Lipinski definition) is 3. The minimum absolute atomic E-state index is 0.000744. The molecule has 2 aliphatic heterocycles. The van der Waals surface area contributed by atoms with Crippen molar-refractivity contribution in [3.63, 3.8) is 0 Å². The molecule has 4 amide bonds. The van der Waals surface area contributed by atoms with Crippen LogP contribution in [0.5, 0.6) is 0 Å². The summed E-state index contributed by atoms with van der Waals surface area (Å²) < 4.78 is 1.01. The maximum Gasteiger partial charge on any atom is 0.289 e. The first-order chi connectivity index (χ1) is 18.3. The first-order valence-electron chi connectivity index (χ1n) is 13.5. The van der Waals surface area contributed by atoms with Crippen LogP contribution in [0.3, 0.4) is 0 Å². The van der Waals surface area contributed by atoms with Gasteiger partial charge >= 0.3 is 0 Å². The molecule has 4 fully saturated rings. The van der Waals surface area contributed by atoms with Crippen molar-refractivity contribution < 1.29 is 24.0 Å².